The molecule has 2 aliphatic heterocycles. The van der Waals surface area contributed by atoms with Crippen LogP contribution in [0.4, 0.5) is 0 Å². The molecule has 0 unspecified atom stereocenters. The first kappa shape index (κ1) is 27.1. The average Bonchev–Trinajstić information content (AvgIpc) is 3.45. The lowest BCUT2D eigenvalue weighted by Gasteiger charge is -2.64. The van der Waals surface area contributed by atoms with Crippen LogP contribution in [-0.4, -0.2) is 87.1 Å². The maximum atomic E-state index is 12.4. The number of rotatable bonds is 4. The van der Waals surface area contributed by atoms with E-state index in [1.807, 2.05) is 0 Å². The smallest absolute Gasteiger partial charge is 0.331 e. The van der Waals surface area contributed by atoms with E-state index in [0.29, 0.717) is 19.4 Å². The van der Waals surface area contributed by atoms with E-state index in [4.69, 9.17) is 14.2 Å². The van der Waals surface area contributed by atoms with Crippen LogP contribution >= 0.6 is 0 Å². The molecule has 0 aromatic carbocycles. The molecule has 1 saturated heterocycles. The van der Waals surface area contributed by atoms with Crippen LogP contribution < -0.4 is 0 Å². The summed E-state index contributed by atoms with van der Waals surface area (Å²) in [6, 6.07) is 0. The number of carbonyl (C=O) groups excluding carboxylic acids is 1. The minimum atomic E-state index is -1.32. The highest BCUT2D eigenvalue weighted by Crippen LogP contribution is 2.70. The van der Waals surface area contributed by atoms with Crippen molar-refractivity contribution in [3.05, 3.63) is 11.6 Å². The highest BCUT2D eigenvalue weighted by molar-refractivity contribution is 5.85. The Balaban J connectivity index is 1.19. The van der Waals surface area contributed by atoms with E-state index in [2.05, 4.69) is 6.92 Å². The Kier molecular flexibility index (Phi) is 6.78. The zero-order valence-electron chi connectivity index (χ0n) is 22.5. The summed E-state index contributed by atoms with van der Waals surface area (Å²) in [4.78, 5) is 11.8. The molecule has 4 aliphatic carbocycles. The average molecular weight is 537 g/mol. The molecule has 9 nitrogen and oxygen atoms in total. The molecule has 0 spiro atoms. The van der Waals surface area contributed by atoms with Gasteiger partial charge in [-0.1, -0.05) is 6.92 Å². The standard InChI is InChI=1S/C29H44O9/c1-15-23(32)24(33)25(34)26(37-15)38-18-5-9-28(14-30)17(12-18)3-4-21-20(28)6-8-27(2)19(7-10-29(21,27)35)16-11-22(31)36-13-16/h11,15,17-21,23-26,30,32-35H,3-10,12-14H2,1-2H3/t15-,17-,18-,19+,20-,21+,23-,24+,25+,26-,27+,28+,29-/m0/s1. The van der Waals surface area contributed by atoms with Crippen LogP contribution in [0.15, 0.2) is 11.6 Å². The summed E-state index contributed by atoms with van der Waals surface area (Å²) in [6.45, 7) is 4.27. The first-order chi connectivity index (χ1) is 18.0. The van der Waals surface area contributed by atoms with Gasteiger partial charge in [-0.2, -0.15) is 0 Å². The minimum absolute atomic E-state index is 0.0831. The number of aliphatic hydroxyl groups is 5. The zero-order chi connectivity index (χ0) is 27.0. The molecule has 6 aliphatic rings. The van der Waals surface area contributed by atoms with Gasteiger partial charge in [0.25, 0.3) is 0 Å². The van der Waals surface area contributed by atoms with Gasteiger partial charge in [0.1, 0.15) is 24.9 Å². The Morgan fingerprint density at radius 3 is 2.50 bits per heavy atom. The van der Waals surface area contributed by atoms with E-state index in [1.165, 1.54) is 0 Å². The highest BCUT2D eigenvalue weighted by atomic mass is 16.7. The first-order valence-corrected chi connectivity index (χ1v) is 14.6. The SMILES string of the molecule is C[C@@H]1O[C@@H](O[C@H]2CC[C@@]3(CO)[C@@H](CC[C@@H]4[C@@H]3CC[C@]3(C)[C@@H](C5=CC(=O)OC5)CC[C@]43O)C2)[C@H](O)[C@H](O)[C@H]1O. The summed E-state index contributed by atoms with van der Waals surface area (Å²) in [6.07, 6.45) is 3.35. The fraction of sp³-hybridized carbons (Fsp3) is 0.897. The monoisotopic (exact) mass is 536 g/mol. The normalized spacial score (nSPS) is 54.5. The van der Waals surface area contributed by atoms with E-state index < -0.39 is 36.3 Å². The fourth-order valence-electron chi connectivity index (χ4n) is 9.91. The summed E-state index contributed by atoms with van der Waals surface area (Å²) < 4.78 is 17.1. The number of ether oxygens (including phenoxy) is 3. The van der Waals surface area contributed by atoms with Crippen LogP contribution in [0.1, 0.15) is 71.6 Å². The van der Waals surface area contributed by atoms with E-state index in [0.717, 1.165) is 50.5 Å². The van der Waals surface area contributed by atoms with Gasteiger partial charge in [0.2, 0.25) is 0 Å². The molecular weight excluding hydrogens is 492 g/mol. The maximum absolute atomic E-state index is 12.4. The third-order valence-electron chi connectivity index (χ3n) is 12.1. The predicted molar refractivity (Wildman–Crippen MR) is 134 cm³/mol. The second-order valence-corrected chi connectivity index (χ2v) is 13.4. The largest absolute Gasteiger partial charge is 0.458 e. The molecule has 9 heteroatoms. The lowest BCUT2D eigenvalue weighted by Crippen LogP contribution is -2.64. The third kappa shape index (κ3) is 3.80. The lowest BCUT2D eigenvalue weighted by molar-refractivity contribution is -0.311. The van der Waals surface area contributed by atoms with Gasteiger partial charge in [-0.25, -0.2) is 4.79 Å². The van der Waals surface area contributed by atoms with Crippen LogP contribution in [-0.2, 0) is 19.0 Å². The van der Waals surface area contributed by atoms with Gasteiger partial charge < -0.3 is 39.7 Å². The second kappa shape index (κ2) is 9.50. The molecule has 38 heavy (non-hydrogen) atoms. The number of fused-ring (bicyclic) bond motifs is 5. The van der Waals surface area contributed by atoms with E-state index in [1.54, 1.807) is 13.0 Å². The molecule has 214 valence electrons. The summed E-state index contributed by atoms with van der Waals surface area (Å²) in [5.41, 5.74) is -0.401. The Labute approximate surface area is 224 Å². The van der Waals surface area contributed by atoms with Crippen molar-refractivity contribution >= 4 is 5.97 Å². The number of esters is 1. The quantitative estimate of drug-likeness (QED) is 0.266. The fourth-order valence-corrected chi connectivity index (χ4v) is 9.91. The number of hydrogen-bond acceptors (Lipinski definition) is 9. The van der Waals surface area contributed by atoms with Crippen LogP contribution in [0.3, 0.4) is 0 Å². The zero-order valence-corrected chi connectivity index (χ0v) is 22.5. The summed E-state index contributed by atoms with van der Waals surface area (Å²) >= 11 is 0. The van der Waals surface area contributed by atoms with Gasteiger partial charge in [-0.05, 0) is 99.4 Å². The van der Waals surface area contributed by atoms with Gasteiger partial charge in [-0.3, -0.25) is 0 Å². The molecule has 0 amide bonds. The Morgan fingerprint density at radius 1 is 1.00 bits per heavy atom. The van der Waals surface area contributed by atoms with E-state index >= 15 is 0 Å². The number of carbonyl (C=O) groups is 1. The predicted octanol–water partition coefficient (Wildman–Crippen LogP) is 1.43. The minimum Gasteiger partial charge on any atom is -0.458 e. The molecular formula is C29H44O9. The molecule has 0 aromatic heterocycles. The molecule has 2 heterocycles. The molecule has 4 saturated carbocycles. The van der Waals surface area contributed by atoms with E-state index in [-0.39, 0.29) is 53.2 Å². The van der Waals surface area contributed by atoms with Gasteiger partial charge in [0.15, 0.2) is 6.29 Å². The molecule has 0 bridgehead atoms. The van der Waals surface area contributed by atoms with Crippen LogP contribution in [0, 0.1) is 34.5 Å². The molecule has 13 atom stereocenters. The summed E-state index contributed by atoms with van der Waals surface area (Å²) in [5, 5.41) is 53.9. The van der Waals surface area contributed by atoms with Crippen molar-refractivity contribution in [2.45, 2.75) is 114 Å². The molecule has 5 fully saturated rings. The third-order valence-corrected chi connectivity index (χ3v) is 12.1. The van der Waals surface area contributed by atoms with Gasteiger partial charge in [0.05, 0.1) is 17.8 Å². The maximum Gasteiger partial charge on any atom is 0.331 e. The van der Waals surface area contributed by atoms with Crippen molar-refractivity contribution in [1.82, 2.24) is 0 Å². The molecule has 0 radical (unpaired) electrons. The Hall–Kier alpha value is -1.07. The van der Waals surface area contributed by atoms with Gasteiger partial charge >= 0.3 is 5.97 Å². The number of aliphatic hydroxyl groups excluding tert-OH is 4. The van der Waals surface area contributed by atoms with Crippen LogP contribution in [0.25, 0.3) is 0 Å². The Bertz CT molecular complexity index is 970. The van der Waals surface area contributed by atoms with Crippen LogP contribution in [0.2, 0.25) is 0 Å². The van der Waals surface area contributed by atoms with Crippen molar-refractivity contribution in [3.63, 3.8) is 0 Å². The van der Waals surface area contributed by atoms with Gasteiger partial charge in [-0.15, -0.1) is 0 Å². The summed E-state index contributed by atoms with van der Waals surface area (Å²) in [5.74, 6) is 0.414. The number of cyclic esters (lactones) is 1. The van der Waals surface area contributed by atoms with Crippen molar-refractivity contribution in [2.75, 3.05) is 13.2 Å². The van der Waals surface area contributed by atoms with Crippen molar-refractivity contribution in [3.8, 4) is 0 Å². The second-order valence-electron chi connectivity index (χ2n) is 13.4. The van der Waals surface area contributed by atoms with Crippen LogP contribution in [0.5, 0.6) is 0 Å². The topological polar surface area (TPSA) is 146 Å². The summed E-state index contributed by atoms with van der Waals surface area (Å²) in [7, 11) is 0. The van der Waals surface area contributed by atoms with Crippen molar-refractivity contribution in [1.29, 1.82) is 0 Å². The van der Waals surface area contributed by atoms with Crippen molar-refractivity contribution < 1.29 is 44.5 Å². The molecule has 6 rings (SSSR count). The van der Waals surface area contributed by atoms with Crippen molar-refractivity contribution in [2.24, 2.45) is 34.5 Å². The number of hydrogen-bond donors (Lipinski definition) is 5. The van der Waals surface area contributed by atoms with Gasteiger partial charge in [0, 0.05) is 18.1 Å². The first-order valence-electron chi connectivity index (χ1n) is 14.6. The molecule has 5 N–H and O–H groups in total. The highest BCUT2D eigenvalue weighted by Gasteiger charge is 2.68. The lowest BCUT2D eigenvalue weighted by atomic mass is 9.43. The molecule has 0 aromatic rings. The van der Waals surface area contributed by atoms with E-state index in [9.17, 15) is 30.3 Å². The Morgan fingerprint density at radius 2 is 1.79 bits per heavy atom.